The van der Waals surface area contributed by atoms with E-state index >= 15 is 0 Å². The predicted octanol–water partition coefficient (Wildman–Crippen LogP) is 4.34. The molecule has 2 aromatic rings. The molecule has 19 heavy (non-hydrogen) atoms. The fourth-order valence-corrected chi connectivity index (χ4v) is 2.53. The van der Waals surface area contributed by atoms with E-state index in [1.807, 2.05) is 32.0 Å². The van der Waals surface area contributed by atoms with E-state index in [2.05, 4.69) is 0 Å². The molecule has 0 saturated heterocycles. The van der Waals surface area contributed by atoms with Gasteiger partial charge >= 0.3 is 0 Å². The predicted molar refractivity (Wildman–Crippen MR) is 78.0 cm³/mol. The molecular formula is C16H17ClFN. The zero-order valence-corrected chi connectivity index (χ0v) is 11.8. The molecular weight excluding hydrogens is 261 g/mol. The minimum Gasteiger partial charge on any atom is -0.324 e. The van der Waals surface area contributed by atoms with Gasteiger partial charge in [-0.3, -0.25) is 0 Å². The number of hydrogen-bond donors (Lipinski definition) is 1. The lowest BCUT2D eigenvalue weighted by Gasteiger charge is -2.16. The average Bonchev–Trinajstić information content (AvgIpc) is 2.32. The molecule has 1 atom stereocenters. The molecule has 0 aromatic heterocycles. The maximum absolute atomic E-state index is 13.1. The molecule has 1 nitrogen and oxygen atoms in total. The van der Waals surface area contributed by atoms with Crippen molar-refractivity contribution in [3.05, 3.63) is 69.5 Å². The number of hydrogen-bond acceptors (Lipinski definition) is 1. The monoisotopic (exact) mass is 277 g/mol. The highest BCUT2D eigenvalue weighted by atomic mass is 35.5. The molecule has 0 amide bonds. The summed E-state index contributed by atoms with van der Waals surface area (Å²) >= 11 is 6.21. The second-order valence-electron chi connectivity index (χ2n) is 4.91. The topological polar surface area (TPSA) is 26.0 Å². The number of halogens is 2. The Bertz CT molecular complexity index is 595. The summed E-state index contributed by atoms with van der Waals surface area (Å²) in [4.78, 5) is 0. The third-order valence-corrected chi connectivity index (χ3v) is 3.63. The van der Waals surface area contributed by atoms with Gasteiger partial charge in [-0.05, 0) is 60.7 Å². The summed E-state index contributed by atoms with van der Waals surface area (Å²) < 4.78 is 13.1. The molecule has 2 N–H and O–H groups in total. The SMILES string of the molecule is Cc1ccc(CC(N)c2ccc(F)cc2C)c(Cl)c1. The minimum absolute atomic E-state index is 0.180. The molecule has 0 aliphatic rings. The molecule has 0 aliphatic heterocycles. The fraction of sp³-hybridized carbons (Fsp3) is 0.250. The van der Waals surface area contributed by atoms with E-state index in [0.717, 1.165) is 27.3 Å². The molecule has 0 bridgehead atoms. The van der Waals surface area contributed by atoms with Crippen LogP contribution in [0.1, 0.15) is 28.3 Å². The molecule has 2 rings (SSSR count). The van der Waals surface area contributed by atoms with Gasteiger partial charge in [-0.1, -0.05) is 29.8 Å². The molecule has 0 fully saturated rings. The summed E-state index contributed by atoms with van der Waals surface area (Å²) in [5, 5.41) is 0.732. The van der Waals surface area contributed by atoms with Gasteiger partial charge in [-0.2, -0.15) is 0 Å². The van der Waals surface area contributed by atoms with Crippen molar-refractivity contribution in [3.63, 3.8) is 0 Å². The van der Waals surface area contributed by atoms with Crippen molar-refractivity contribution in [2.75, 3.05) is 0 Å². The smallest absolute Gasteiger partial charge is 0.123 e. The van der Waals surface area contributed by atoms with Crippen LogP contribution in [0.4, 0.5) is 4.39 Å². The van der Waals surface area contributed by atoms with Gasteiger partial charge in [0.25, 0.3) is 0 Å². The first-order valence-electron chi connectivity index (χ1n) is 6.24. The summed E-state index contributed by atoms with van der Waals surface area (Å²) in [6.07, 6.45) is 0.644. The molecule has 0 spiro atoms. The van der Waals surface area contributed by atoms with Crippen molar-refractivity contribution in [3.8, 4) is 0 Å². The van der Waals surface area contributed by atoms with E-state index in [-0.39, 0.29) is 11.9 Å². The highest BCUT2D eigenvalue weighted by molar-refractivity contribution is 6.31. The molecule has 2 aromatic carbocycles. The van der Waals surface area contributed by atoms with Crippen LogP contribution in [-0.2, 0) is 6.42 Å². The van der Waals surface area contributed by atoms with E-state index in [0.29, 0.717) is 6.42 Å². The second-order valence-corrected chi connectivity index (χ2v) is 5.31. The fourth-order valence-electron chi connectivity index (χ4n) is 2.22. The molecule has 0 heterocycles. The van der Waals surface area contributed by atoms with Crippen LogP contribution in [-0.4, -0.2) is 0 Å². The maximum Gasteiger partial charge on any atom is 0.123 e. The highest BCUT2D eigenvalue weighted by Crippen LogP contribution is 2.25. The van der Waals surface area contributed by atoms with Crippen LogP contribution in [0.15, 0.2) is 36.4 Å². The van der Waals surface area contributed by atoms with Crippen LogP contribution >= 0.6 is 11.6 Å². The van der Waals surface area contributed by atoms with Crippen molar-refractivity contribution in [1.29, 1.82) is 0 Å². The number of aryl methyl sites for hydroxylation is 2. The van der Waals surface area contributed by atoms with Crippen molar-refractivity contribution in [2.24, 2.45) is 5.73 Å². The Labute approximate surface area is 118 Å². The van der Waals surface area contributed by atoms with Crippen LogP contribution in [0.3, 0.4) is 0 Å². The van der Waals surface area contributed by atoms with Crippen LogP contribution < -0.4 is 5.73 Å². The second kappa shape index (κ2) is 5.72. The van der Waals surface area contributed by atoms with Gasteiger partial charge in [0, 0.05) is 11.1 Å². The standard InChI is InChI=1S/C16H17ClFN/c1-10-3-4-12(15(17)7-10)9-16(19)14-6-5-13(18)8-11(14)2/h3-8,16H,9,19H2,1-2H3. The normalized spacial score (nSPS) is 12.5. The largest absolute Gasteiger partial charge is 0.324 e. The van der Waals surface area contributed by atoms with Gasteiger partial charge in [-0.15, -0.1) is 0 Å². The van der Waals surface area contributed by atoms with Gasteiger partial charge in [0.1, 0.15) is 5.82 Å². The number of benzene rings is 2. The molecule has 0 saturated carbocycles. The van der Waals surface area contributed by atoms with E-state index in [4.69, 9.17) is 17.3 Å². The van der Waals surface area contributed by atoms with Gasteiger partial charge in [0.15, 0.2) is 0 Å². The average molecular weight is 278 g/mol. The molecule has 0 radical (unpaired) electrons. The Morgan fingerprint density at radius 3 is 2.53 bits per heavy atom. The first-order valence-corrected chi connectivity index (χ1v) is 6.62. The van der Waals surface area contributed by atoms with Crippen molar-refractivity contribution < 1.29 is 4.39 Å². The van der Waals surface area contributed by atoms with Crippen LogP contribution in [0.2, 0.25) is 5.02 Å². The van der Waals surface area contributed by atoms with Crippen LogP contribution in [0.5, 0.6) is 0 Å². The first-order chi connectivity index (χ1) is 8.97. The van der Waals surface area contributed by atoms with Gasteiger partial charge in [0.2, 0.25) is 0 Å². The molecule has 0 aliphatic carbocycles. The Kier molecular flexibility index (Phi) is 4.23. The van der Waals surface area contributed by atoms with E-state index < -0.39 is 0 Å². The number of nitrogens with two attached hydrogens (primary N) is 1. The van der Waals surface area contributed by atoms with Gasteiger partial charge in [-0.25, -0.2) is 4.39 Å². The summed E-state index contributed by atoms with van der Waals surface area (Å²) in [6, 6.07) is 10.5. The van der Waals surface area contributed by atoms with Crippen molar-refractivity contribution in [2.45, 2.75) is 26.3 Å². The van der Waals surface area contributed by atoms with Crippen LogP contribution in [0, 0.1) is 19.7 Å². The van der Waals surface area contributed by atoms with Crippen molar-refractivity contribution in [1.82, 2.24) is 0 Å². The molecule has 1 unspecified atom stereocenters. The highest BCUT2D eigenvalue weighted by Gasteiger charge is 2.12. The quantitative estimate of drug-likeness (QED) is 0.887. The molecule has 100 valence electrons. The van der Waals surface area contributed by atoms with Crippen molar-refractivity contribution >= 4 is 11.6 Å². The van der Waals surface area contributed by atoms with E-state index in [1.54, 1.807) is 6.07 Å². The zero-order chi connectivity index (χ0) is 14.0. The summed E-state index contributed by atoms with van der Waals surface area (Å²) in [5.74, 6) is -0.234. The Hall–Kier alpha value is -1.38. The lowest BCUT2D eigenvalue weighted by Crippen LogP contribution is -2.15. The lowest BCUT2D eigenvalue weighted by atomic mass is 9.95. The lowest BCUT2D eigenvalue weighted by molar-refractivity contribution is 0.622. The minimum atomic E-state index is -0.234. The third-order valence-electron chi connectivity index (χ3n) is 3.28. The Morgan fingerprint density at radius 2 is 1.89 bits per heavy atom. The Balaban J connectivity index is 2.23. The first kappa shape index (κ1) is 14.0. The summed E-state index contributed by atoms with van der Waals surface area (Å²) in [5.41, 5.74) is 10.2. The van der Waals surface area contributed by atoms with Gasteiger partial charge < -0.3 is 5.73 Å². The maximum atomic E-state index is 13.1. The summed E-state index contributed by atoms with van der Waals surface area (Å²) in [7, 11) is 0. The number of rotatable bonds is 3. The van der Waals surface area contributed by atoms with Crippen LogP contribution in [0.25, 0.3) is 0 Å². The third kappa shape index (κ3) is 3.34. The molecule has 3 heteroatoms. The zero-order valence-electron chi connectivity index (χ0n) is 11.1. The van der Waals surface area contributed by atoms with Gasteiger partial charge in [0.05, 0.1) is 0 Å². The van der Waals surface area contributed by atoms with E-state index in [9.17, 15) is 4.39 Å². The summed E-state index contributed by atoms with van der Waals surface area (Å²) in [6.45, 7) is 3.87. The Morgan fingerprint density at radius 1 is 1.16 bits per heavy atom. The van der Waals surface area contributed by atoms with E-state index in [1.165, 1.54) is 12.1 Å².